The van der Waals surface area contributed by atoms with Crippen molar-refractivity contribution in [2.75, 3.05) is 5.32 Å². The number of aromatic nitrogens is 1. The van der Waals surface area contributed by atoms with Gasteiger partial charge in [0.05, 0.1) is 5.69 Å². The molecule has 0 unspecified atom stereocenters. The van der Waals surface area contributed by atoms with Crippen molar-refractivity contribution < 1.29 is 9.21 Å². The van der Waals surface area contributed by atoms with Crippen molar-refractivity contribution >= 4 is 17.7 Å². The summed E-state index contributed by atoms with van der Waals surface area (Å²) in [6, 6.07) is 6.67. The van der Waals surface area contributed by atoms with E-state index in [1.54, 1.807) is 29.0 Å². The zero-order valence-corrected chi connectivity index (χ0v) is 12.1. The maximum absolute atomic E-state index is 11.8. The summed E-state index contributed by atoms with van der Waals surface area (Å²) in [5.74, 6) is 1.14. The van der Waals surface area contributed by atoms with Gasteiger partial charge in [0.1, 0.15) is 11.5 Å². The predicted molar refractivity (Wildman–Crippen MR) is 82.1 cm³/mol. The number of anilines is 1. The molecule has 2 heterocycles. The van der Waals surface area contributed by atoms with Gasteiger partial charge in [0.2, 0.25) is 5.91 Å². The molecule has 1 amide bonds. The van der Waals surface area contributed by atoms with E-state index in [0.29, 0.717) is 18.0 Å². The molecule has 0 aliphatic carbocycles. The largest absolute Gasteiger partial charge is 0.462 e. The number of aryl methyl sites for hydroxylation is 2. The van der Waals surface area contributed by atoms with Gasteiger partial charge in [0.15, 0.2) is 0 Å². The summed E-state index contributed by atoms with van der Waals surface area (Å²) >= 11 is 0. The summed E-state index contributed by atoms with van der Waals surface area (Å²) in [4.78, 5) is 23.4. The van der Waals surface area contributed by atoms with Crippen LogP contribution < -0.4 is 10.9 Å². The molecule has 2 rings (SSSR count). The number of rotatable bonds is 5. The van der Waals surface area contributed by atoms with Crippen molar-refractivity contribution in [2.24, 2.45) is 0 Å². The average Bonchev–Trinajstić information content (AvgIpc) is 2.86. The molecule has 5 heteroatoms. The minimum Gasteiger partial charge on any atom is -0.462 e. The molecule has 0 fully saturated rings. The maximum Gasteiger partial charge on any atom is 0.250 e. The van der Waals surface area contributed by atoms with Crippen LogP contribution in [0, 0.1) is 6.92 Å². The molecule has 0 aromatic carbocycles. The van der Waals surface area contributed by atoms with E-state index >= 15 is 0 Å². The molecular formula is C16H18N2O3. The number of hydrogen-bond acceptors (Lipinski definition) is 3. The van der Waals surface area contributed by atoms with Gasteiger partial charge in [-0.3, -0.25) is 9.59 Å². The van der Waals surface area contributed by atoms with Crippen molar-refractivity contribution in [3.8, 4) is 0 Å². The van der Waals surface area contributed by atoms with E-state index in [9.17, 15) is 9.59 Å². The number of hydrogen-bond donors (Lipinski definition) is 1. The third-order valence-electron chi connectivity index (χ3n) is 2.88. The van der Waals surface area contributed by atoms with Crippen LogP contribution in [-0.2, 0) is 11.3 Å². The molecule has 110 valence electrons. The van der Waals surface area contributed by atoms with E-state index in [4.69, 9.17) is 4.42 Å². The standard InChI is InChI=1S/C16H18N2O3/c1-3-10-18-11-13(5-9-16(18)20)17-15(19)8-7-14-6-4-12(2)21-14/h4-9,11H,3,10H2,1-2H3,(H,17,19)/b8-7-. The van der Waals surface area contributed by atoms with E-state index < -0.39 is 0 Å². The number of furan rings is 1. The molecule has 5 nitrogen and oxygen atoms in total. The van der Waals surface area contributed by atoms with Crippen molar-refractivity contribution in [2.45, 2.75) is 26.8 Å². The number of nitrogens with zero attached hydrogens (tertiary/aromatic N) is 1. The van der Waals surface area contributed by atoms with Crippen LogP contribution in [0.3, 0.4) is 0 Å². The Morgan fingerprint density at radius 1 is 1.33 bits per heavy atom. The maximum atomic E-state index is 11.8. The molecule has 2 aromatic rings. The van der Waals surface area contributed by atoms with E-state index in [-0.39, 0.29) is 11.5 Å². The second-order valence-corrected chi connectivity index (χ2v) is 4.72. The molecular weight excluding hydrogens is 268 g/mol. The van der Waals surface area contributed by atoms with Crippen LogP contribution in [0.1, 0.15) is 24.9 Å². The zero-order chi connectivity index (χ0) is 15.2. The summed E-state index contributed by atoms with van der Waals surface area (Å²) in [5, 5.41) is 2.72. The lowest BCUT2D eigenvalue weighted by molar-refractivity contribution is -0.111. The lowest BCUT2D eigenvalue weighted by atomic mass is 10.3. The predicted octanol–water partition coefficient (Wildman–Crippen LogP) is 2.81. The zero-order valence-electron chi connectivity index (χ0n) is 12.1. The van der Waals surface area contributed by atoms with Gasteiger partial charge in [0, 0.05) is 24.9 Å². The Balaban J connectivity index is 2.04. The topological polar surface area (TPSA) is 64.2 Å². The molecule has 1 N–H and O–H groups in total. The highest BCUT2D eigenvalue weighted by Gasteiger charge is 2.01. The summed E-state index contributed by atoms with van der Waals surface area (Å²) in [7, 11) is 0. The van der Waals surface area contributed by atoms with Crippen LogP contribution in [0.25, 0.3) is 6.08 Å². The number of amides is 1. The van der Waals surface area contributed by atoms with E-state index in [1.807, 2.05) is 19.9 Å². The fourth-order valence-corrected chi connectivity index (χ4v) is 1.91. The monoisotopic (exact) mass is 286 g/mol. The van der Waals surface area contributed by atoms with Gasteiger partial charge in [-0.15, -0.1) is 0 Å². The second-order valence-electron chi connectivity index (χ2n) is 4.72. The Kier molecular flexibility index (Phi) is 4.77. The Bertz CT molecular complexity index is 710. The summed E-state index contributed by atoms with van der Waals surface area (Å²) < 4.78 is 6.92. The Morgan fingerprint density at radius 2 is 2.14 bits per heavy atom. The number of pyridine rings is 1. The van der Waals surface area contributed by atoms with E-state index in [1.165, 1.54) is 12.1 Å². The van der Waals surface area contributed by atoms with Crippen LogP contribution in [0.2, 0.25) is 0 Å². The molecule has 0 atom stereocenters. The SMILES string of the molecule is CCCn1cc(NC(=O)/C=C\c2ccc(C)o2)ccc1=O. The van der Waals surface area contributed by atoms with Crippen molar-refractivity contribution in [3.63, 3.8) is 0 Å². The van der Waals surface area contributed by atoms with Crippen LogP contribution in [-0.4, -0.2) is 10.5 Å². The van der Waals surface area contributed by atoms with Gasteiger partial charge in [-0.1, -0.05) is 6.92 Å². The first-order valence-corrected chi connectivity index (χ1v) is 6.84. The average molecular weight is 286 g/mol. The minimum atomic E-state index is -0.272. The third-order valence-corrected chi connectivity index (χ3v) is 2.88. The van der Waals surface area contributed by atoms with Crippen LogP contribution >= 0.6 is 0 Å². The molecule has 0 bridgehead atoms. The molecule has 0 saturated carbocycles. The number of nitrogens with one attached hydrogen (secondary N) is 1. The minimum absolute atomic E-state index is 0.0727. The van der Waals surface area contributed by atoms with Gasteiger partial charge >= 0.3 is 0 Å². The smallest absolute Gasteiger partial charge is 0.250 e. The van der Waals surface area contributed by atoms with Gasteiger partial charge in [-0.05, 0) is 37.6 Å². The van der Waals surface area contributed by atoms with Crippen molar-refractivity contribution in [1.82, 2.24) is 4.57 Å². The molecule has 0 saturated heterocycles. The van der Waals surface area contributed by atoms with Crippen LogP contribution in [0.5, 0.6) is 0 Å². The van der Waals surface area contributed by atoms with Crippen LogP contribution in [0.4, 0.5) is 5.69 Å². The molecule has 0 radical (unpaired) electrons. The Labute approximate surface area is 122 Å². The van der Waals surface area contributed by atoms with Crippen LogP contribution in [0.15, 0.2) is 45.8 Å². The lowest BCUT2D eigenvalue weighted by Crippen LogP contribution is -2.19. The van der Waals surface area contributed by atoms with Gasteiger partial charge in [-0.25, -0.2) is 0 Å². The first-order chi connectivity index (χ1) is 10.1. The van der Waals surface area contributed by atoms with Gasteiger partial charge in [-0.2, -0.15) is 0 Å². The van der Waals surface area contributed by atoms with E-state index in [2.05, 4.69) is 5.32 Å². The molecule has 2 aromatic heterocycles. The molecule has 0 aliphatic rings. The molecule has 0 spiro atoms. The van der Waals surface area contributed by atoms with Crippen molar-refractivity contribution in [1.29, 1.82) is 0 Å². The third kappa shape index (κ3) is 4.21. The quantitative estimate of drug-likeness (QED) is 0.860. The first kappa shape index (κ1) is 14.8. The highest BCUT2D eigenvalue weighted by atomic mass is 16.3. The van der Waals surface area contributed by atoms with E-state index in [0.717, 1.165) is 12.2 Å². The highest BCUT2D eigenvalue weighted by molar-refractivity contribution is 6.01. The second kappa shape index (κ2) is 6.74. The first-order valence-electron chi connectivity index (χ1n) is 6.84. The number of carbonyl (C=O) groups is 1. The highest BCUT2D eigenvalue weighted by Crippen LogP contribution is 2.09. The Morgan fingerprint density at radius 3 is 2.81 bits per heavy atom. The van der Waals surface area contributed by atoms with Crippen molar-refractivity contribution in [3.05, 3.63) is 58.4 Å². The fraction of sp³-hybridized carbons (Fsp3) is 0.250. The van der Waals surface area contributed by atoms with Gasteiger partial charge in [0.25, 0.3) is 5.56 Å². The van der Waals surface area contributed by atoms with Gasteiger partial charge < -0.3 is 14.3 Å². The summed E-state index contributed by atoms with van der Waals surface area (Å²) in [6.07, 6.45) is 5.50. The summed E-state index contributed by atoms with van der Waals surface area (Å²) in [5.41, 5.74) is 0.518. The Hall–Kier alpha value is -2.56. The molecule has 0 aliphatic heterocycles. The fourth-order valence-electron chi connectivity index (χ4n) is 1.91. The number of carbonyl (C=O) groups excluding carboxylic acids is 1. The normalized spacial score (nSPS) is 11.0. The molecule has 21 heavy (non-hydrogen) atoms. The summed E-state index contributed by atoms with van der Waals surface area (Å²) in [6.45, 7) is 4.46. The lowest BCUT2D eigenvalue weighted by Gasteiger charge is -2.07.